The molecule has 0 radical (unpaired) electrons. The van der Waals surface area contributed by atoms with Gasteiger partial charge in [-0.15, -0.1) is 18.3 Å². The molecule has 130 valence electrons. The summed E-state index contributed by atoms with van der Waals surface area (Å²) >= 11 is 5.83. The number of benzene rings is 1. The smallest absolute Gasteiger partial charge is 0.406 e. The van der Waals surface area contributed by atoms with E-state index in [4.69, 9.17) is 16.3 Å². The van der Waals surface area contributed by atoms with Gasteiger partial charge < -0.3 is 9.47 Å². The fourth-order valence-corrected chi connectivity index (χ4v) is 1.99. The van der Waals surface area contributed by atoms with Crippen LogP contribution in [-0.2, 0) is 4.74 Å². The molecule has 0 saturated heterocycles. The summed E-state index contributed by atoms with van der Waals surface area (Å²) in [6, 6.07) is 3.69. The Hall–Kier alpha value is -2.06. The molecular weight excluding hydrogens is 347 g/mol. The van der Waals surface area contributed by atoms with Gasteiger partial charge in [0.2, 0.25) is 0 Å². The van der Waals surface area contributed by atoms with Gasteiger partial charge in [-0.25, -0.2) is 9.67 Å². The molecule has 0 fully saturated rings. The van der Waals surface area contributed by atoms with Crippen LogP contribution in [0.25, 0.3) is 17.6 Å². The SMILES string of the molecule is CC(C)OC/C=C\n1cnc(-c2cc(Cl)cc(OC(F)(F)F)c2)n1. The molecule has 1 aromatic heterocycles. The highest BCUT2D eigenvalue weighted by Crippen LogP contribution is 2.30. The largest absolute Gasteiger partial charge is 0.573 e. The topological polar surface area (TPSA) is 49.2 Å². The van der Waals surface area contributed by atoms with Gasteiger partial charge in [0.15, 0.2) is 5.82 Å². The predicted molar refractivity (Wildman–Crippen MR) is 83.6 cm³/mol. The van der Waals surface area contributed by atoms with E-state index in [1.807, 2.05) is 13.8 Å². The van der Waals surface area contributed by atoms with E-state index in [2.05, 4.69) is 14.8 Å². The van der Waals surface area contributed by atoms with Crippen LogP contribution >= 0.6 is 11.6 Å². The molecular formula is C15H15ClF3N3O2. The van der Waals surface area contributed by atoms with Crippen LogP contribution in [0.1, 0.15) is 13.8 Å². The maximum atomic E-state index is 12.3. The maximum absolute atomic E-state index is 12.3. The summed E-state index contributed by atoms with van der Waals surface area (Å²) in [6.07, 6.45) is 0.116. The normalized spacial score (nSPS) is 12.3. The van der Waals surface area contributed by atoms with Crippen molar-refractivity contribution in [1.82, 2.24) is 14.8 Å². The van der Waals surface area contributed by atoms with Crippen molar-refractivity contribution in [2.45, 2.75) is 26.3 Å². The van der Waals surface area contributed by atoms with Crippen molar-refractivity contribution in [3.05, 3.63) is 35.6 Å². The lowest BCUT2D eigenvalue weighted by Gasteiger charge is -2.09. The zero-order chi connectivity index (χ0) is 17.7. The summed E-state index contributed by atoms with van der Waals surface area (Å²) in [5, 5.41) is 4.23. The minimum absolute atomic E-state index is 0.0870. The van der Waals surface area contributed by atoms with Crippen molar-refractivity contribution in [2.24, 2.45) is 0 Å². The monoisotopic (exact) mass is 361 g/mol. The molecule has 0 atom stereocenters. The van der Waals surface area contributed by atoms with Gasteiger partial charge in [0.05, 0.1) is 12.7 Å². The van der Waals surface area contributed by atoms with Crippen LogP contribution in [0.3, 0.4) is 0 Å². The molecule has 0 bridgehead atoms. The van der Waals surface area contributed by atoms with Crippen molar-refractivity contribution in [3.8, 4) is 17.1 Å². The second-order valence-electron chi connectivity index (χ2n) is 5.04. The lowest BCUT2D eigenvalue weighted by molar-refractivity contribution is -0.274. The molecule has 0 aliphatic heterocycles. The highest BCUT2D eigenvalue weighted by molar-refractivity contribution is 6.31. The number of hydrogen-bond acceptors (Lipinski definition) is 4. The molecule has 0 N–H and O–H groups in total. The molecule has 2 rings (SSSR count). The second kappa shape index (κ2) is 7.67. The van der Waals surface area contributed by atoms with E-state index in [1.165, 1.54) is 23.1 Å². The Kier molecular flexibility index (Phi) is 5.84. The van der Waals surface area contributed by atoms with Crippen molar-refractivity contribution in [3.63, 3.8) is 0 Å². The van der Waals surface area contributed by atoms with Gasteiger partial charge in [0, 0.05) is 16.8 Å². The Balaban J connectivity index is 2.14. The maximum Gasteiger partial charge on any atom is 0.573 e. The fourth-order valence-electron chi connectivity index (χ4n) is 1.76. The zero-order valence-electron chi connectivity index (χ0n) is 12.9. The number of aromatic nitrogens is 3. The summed E-state index contributed by atoms with van der Waals surface area (Å²) < 4.78 is 47.6. The summed E-state index contributed by atoms with van der Waals surface area (Å²) in [5.74, 6) is -0.207. The number of hydrogen-bond donors (Lipinski definition) is 0. The van der Waals surface area contributed by atoms with Crippen LogP contribution in [0.15, 0.2) is 30.6 Å². The van der Waals surface area contributed by atoms with Crippen molar-refractivity contribution >= 4 is 17.8 Å². The molecule has 2 aromatic rings. The first kappa shape index (κ1) is 18.3. The Bertz CT molecular complexity index is 714. The minimum Gasteiger partial charge on any atom is -0.406 e. The first-order valence-electron chi connectivity index (χ1n) is 6.99. The minimum atomic E-state index is -4.80. The molecule has 5 nitrogen and oxygen atoms in total. The van der Waals surface area contributed by atoms with Crippen LogP contribution in [0.5, 0.6) is 5.75 Å². The summed E-state index contributed by atoms with van der Waals surface area (Å²) in [5.41, 5.74) is 0.312. The predicted octanol–water partition coefficient (Wildman–Crippen LogP) is 4.39. The van der Waals surface area contributed by atoms with Gasteiger partial charge in [0.25, 0.3) is 0 Å². The zero-order valence-corrected chi connectivity index (χ0v) is 13.7. The number of nitrogens with zero attached hydrogens (tertiary/aromatic N) is 3. The molecule has 0 saturated carbocycles. The fraction of sp³-hybridized carbons (Fsp3) is 0.333. The third kappa shape index (κ3) is 5.86. The quantitative estimate of drug-likeness (QED) is 0.765. The molecule has 1 aromatic carbocycles. The lowest BCUT2D eigenvalue weighted by atomic mass is 10.2. The van der Waals surface area contributed by atoms with Gasteiger partial charge in [-0.3, -0.25) is 0 Å². The molecule has 0 aliphatic rings. The van der Waals surface area contributed by atoms with Crippen LogP contribution in [0.2, 0.25) is 5.02 Å². The van der Waals surface area contributed by atoms with Gasteiger partial charge >= 0.3 is 6.36 Å². The van der Waals surface area contributed by atoms with E-state index in [-0.39, 0.29) is 17.0 Å². The molecule has 24 heavy (non-hydrogen) atoms. The highest BCUT2D eigenvalue weighted by atomic mass is 35.5. The molecule has 1 heterocycles. The number of alkyl halides is 3. The van der Waals surface area contributed by atoms with E-state index in [0.29, 0.717) is 12.2 Å². The second-order valence-corrected chi connectivity index (χ2v) is 5.47. The van der Waals surface area contributed by atoms with E-state index < -0.39 is 12.1 Å². The highest BCUT2D eigenvalue weighted by Gasteiger charge is 2.31. The van der Waals surface area contributed by atoms with Crippen LogP contribution < -0.4 is 4.74 Å². The van der Waals surface area contributed by atoms with Crippen LogP contribution in [0.4, 0.5) is 13.2 Å². The average Bonchev–Trinajstić information content (AvgIpc) is 2.89. The Morgan fingerprint density at radius 3 is 2.71 bits per heavy atom. The van der Waals surface area contributed by atoms with E-state index in [0.717, 1.165) is 6.07 Å². The number of halogens is 4. The molecule has 0 spiro atoms. The standard InChI is InChI=1S/C15H15ClF3N3O2/c1-10(2)23-5-3-4-22-9-20-14(21-22)11-6-12(16)8-13(7-11)24-15(17,18)19/h3-4,6-10H,5H2,1-2H3/b4-3-. The molecule has 0 amide bonds. The van der Waals surface area contributed by atoms with Gasteiger partial charge in [-0.2, -0.15) is 0 Å². The Morgan fingerprint density at radius 1 is 1.29 bits per heavy atom. The molecule has 9 heteroatoms. The molecule has 0 aliphatic carbocycles. The number of rotatable bonds is 6. The van der Waals surface area contributed by atoms with Gasteiger partial charge in [-0.05, 0) is 38.1 Å². The third-order valence-electron chi connectivity index (χ3n) is 2.66. The van der Waals surface area contributed by atoms with E-state index in [1.54, 1.807) is 12.3 Å². The summed E-state index contributed by atoms with van der Waals surface area (Å²) in [4.78, 5) is 4.04. The third-order valence-corrected chi connectivity index (χ3v) is 2.87. The van der Waals surface area contributed by atoms with Gasteiger partial charge in [-0.1, -0.05) is 11.6 Å². The molecule has 0 unspecified atom stereocenters. The van der Waals surface area contributed by atoms with E-state index in [9.17, 15) is 13.2 Å². The Labute approximate surface area is 141 Å². The van der Waals surface area contributed by atoms with Crippen molar-refractivity contribution < 1.29 is 22.6 Å². The average molecular weight is 362 g/mol. The number of ether oxygens (including phenoxy) is 2. The first-order chi connectivity index (χ1) is 11.2. The van der Waals surface area contributed by atoms with E-state index >= 15 is 0 Å². The summed E-state index contributed by atoms with van der Waals surface area (Å²) in [7, 11) is 0. The van der Waals surface area contributed by atoms with Crippen LogP contribution in [0, 0.1) is 0 Å². The lowest BCUT2D eigenvalue weighted by Crippen LogP contribution is -2.17. The van der Waals surface area contributed by atoms with Crippen molar-refractivity contribution in [1.29, 1.82) is 0 Å². The summed E-state index contributed by atoms with van der Waals surface area (Å²) in [6.45, 7) is 4.25. The van der Waals surface area contributed by atoms with Crippen LogP contribution in [-0.4, -0.2) is 33.8 Å². The first-order valence-corrected chi connectivity index (χ1v) is 7.37. The van der Waals surface area contributed by atoms with Gasteiger partial charge in [0.1, 0.15) is 12.1 Å². The Morgan fingerprint density at radius 2 is 2.04 bits per heavy atom. The van der Waals surface area contributed by atoms with Crippen molar-refractivity contribution in [2.75, 3.05) is 6.61 Å².